The summed E-state index contributed by atoms with van der Waals surface area (Å²) >= 11 is 0. The fourth-order valence-corrected chi connectivity index (χ4v) is 3.60. The molecule has 1 saturated carbocycles. The lowest BCUT2D eigenvalue weighted by Gasteiger charge is -2.37. The van der Waals surface area contributed by atoms with Crippen LogP contribution in [0.1, 0.15) is 34.7 Å². The van der Waals surface area contributed by atoms with Crippen LogP contribution < -0.4 is 5.32 Å². The lowest BCUT2D eigenvalue weighted by molar-refractivity contribution is 0.0235. The van der Waals surface area contributed by atoms with Gasteiger partial charge in [0.2, 0.25) is 0 Å². The summed E-state index contributed by atoms with van der Waals surface area (Å²) in [6.07, 6.45) is 3.54. The number of fused-ring (bicyclic) bond motifs is 1. The van der Waals surface area contributed by atoms with Gasteiger partial charge in [-0.2, -0.15) is 0 Å². The zero-order valence-electron chi connectivity index (χ0n) is 14.7. The Bertz CT molecular complexity index is 913. The summed E-state index contributed by atoms with van der Waals surface area (Å²) in [5, 5.41) is 13.7. The van der Waals surface area contributed by atoms with Crippen LogP contribution >= 0.6 is 0 Å². The first-order valence-corrected chi connectivity index (χ1v) is 8.98. The summed E-state index contributed by atoms with van der Waals surface area (Å²) in [5.74, 6) is 0.352. The molecule has 0 radical (unpaired) electrons. The molecule has 1 aromatic carbocycles. The number of amides is 1. The van der Waals surface area contributed by atoms with Crippen LogP contribution in [0.5, 0.6) is 0 Å². The number of aryl methyl sites for hydroxylation is 1. The first-order chi connectivity index (χ1) is 12.6. The number of nitrogens with zero attached hydrogens (tertiary/aromatic N) is 1. The van der Waals surface area contributed by atoms with Crippen molar-refractivity contribution in [3.05, 3.63) is 65.7 Å². The number of hydrogen-bond acceptors (Lipinski definition) is 4. The molecule has 2 heterocycles. The molecule has 2 aromatic heterocycles. The van der Waals surface area contributed by atoms with Crippen LogP contribution in [0, 0.1) is 12.8 Å². The van der Waals surface area contributed by atoms with Crippen LogP contribution in [0.15, 0.2) is 53.1 Å². The molecule has 3 aromatic rings. The van der Waals surface area contributed by atoms with Gasteiger partial charge in [-0.15, -0.1) is 0 Å². The van der Waals surface area contributed by atoms with Gasteiger partial charge in [0.1, 0.15) is 5.58 Å². The van der Waals surface area contributed by atoms with Gasteiger partial charge in [-0.3, -0.25) is 9.78 Å². The van der Waals surface area contributed by atoms with Crippen LogP contribution in [-0.2, 0) is 6.42 Å². The molecule has 1 aliphatic carbocycles. The van der Waals surface area contributed by atoms with Crippen molar-refractivity contribution in [3.63, 3.8) is 0 Å². The molecular weight excluding hydrogens is 328 g/mol. The van der Waals surface area contributed by atoms with Gasteiger partial charge in [0.25, 0.3) is 5.91 Å². The first-order valence-electron chi connectivity index (χ1n) is 8.98. The van der Waals surface area contributed by atoms with E-state index in [1.165, 1.54) is 0 Å². The molecule has 1 atom stereocenters. The minimum Gasteiger partial charge on any atom is -0.451 e. The van der Waals surface area contributed by atoms with Gasteiger partial charge in [-0.05, 0) is 49.4 Å². The van der Waals surface area contributed by atoms with Crippen LogP contribution in [-0.4, -0.2) is 28.1 Å². The van der Waals surface area contributed by atoms with Crippen LogP contribution in [0.4, 0.5) is 0 Å². The number of hydrogen-bond donors (Lipinski definition) is 2. The average Bonchev–Trinajstić information content (AvgIpc) is 3.05. The average molecular weight is 350 g/mol. The van der Waals surface area contributed by atoms with Crippen molar-refractivity contribution in [2.75, 3.05) is 0 Å². The summed E-state index contributed by atoms with van der Waals surface area (Å²) < 4.78 is 5.79. The third-order valence-electron chi connectivity index (χ3n) is 5.16. The Labute approximate surface area is 152 Å². The van der Waals surface area contributed by atoms with E-state index in [-0.39, 0.29) is 24.0 Å². The maximum absolute atomic E-state index is 12.8. The highest BCUT2D eigenvalue weighted by atomic mass is 16.3. The summed E-state index contributed by atoms with van der Waals surface area (Å²) in [6.45, 7) is 1.97. The Balaban J connectivity index is 1.54. The number of aromatic nitrogens is 1. The Morgan fingerprint density at radius 2 is 2.15 bits per heavy atom. The minimum atomic E-state index is -0.267. The highest BCUT2D eigenvalue weighted by molar-refractivity contribution is 5.96. The molecule has 0 aliphatic heterocycles. The lowest BCUT2D eigenvalue weighted by Crippen LogP contribution is -2.48. The number of aliphatic hydroxyl groups excluding tert-OH is 1. The largest absolute Gasteiger partial charge is 0.451 e. The Hall–Kier alpha value is -2.66. The van der Waals surface area contributed by atoms with Crippen molar-refractivity contribution in [2.24, 2.45) is 5.92 Å². The smallest absolute Gasteiger partial charge is 0.287 e. The van der Waals surface area contributed by atoms with Crippen molar-refractivity contribution in [1.82, 2.24) is 10.3 Å². The highest BCUT2D eigenvalue weighted by Gasteiger charge is 2.35. The fraction of sp³-hybridized carbons (Fsp3) is 0.333. The first kappa shape index (κ1) is 16.8. The molecule has 5 nitrogen and oxygen atoms in total. The van der Waals surface area contributed by atoms with E-state index in [4.69, 9.17) is 4.42 Å². The molecule has 0 bridgehead atoms. The number of pyridine rings is 1. The molecule has 2 N–H and O–H groups in total. The van der Waals surface area contributed by atoms with Crippen molar-refractivity contribution in [1.29, 1.82) is 0 Å². The summed E-state index contributed by atoms with van der Waals surface area (Å²) in [6, 6.07) is 13.3. The minimum absolute atomic E-state index is 0.0740. The maximum Gasteiger partial charge on any atom is 0.287 e. The predicted octanol–water partition coefficient (Wildman–Crippen LogP) is 3.25. The third kappa shape index (κ3) is 3.35. The van der Waals surface area contributed by atoms with E-state index in [0.717, 1.165) is 22.2 Å². The lowest BCUT2D eigenvalue weighted by atomic mass is 9.76. The summed E-state index contributed by atoms with van der Waals surface area (Å²) in [5.41, 5.74) is 2.69. The van der Waals surface area contributed by atoms with Crippen molar-refractivity contribution >= 4 is 16.9 Å². The molecule has 1 fully saturated rings. The van der Waals surface area contributed by atoms with Gasteiger partial charge in [-0.1, -0.05) is 24.3 Å². The second-order valence-corrected chi connectivity index (χ2v) is 7.09. The van der Waals surface area contributed by atoms with Gasteiger partial charge in [0.05, 0.1) is 6.10 Å². The summed E-state index contributed by atoms with van der Waals surface area (Å²) in [4.78, 5) is 17.1. The van der Waals surface area contributed by atoms with E-state index in [1.54, 1.807) is 12.3 Å². The number of carbonyl (C=O) groups excluding carboxylic acids is 1. The predicted molar refractivity (Wildman–Crippen MR) is 98.9 cm³/mol. The van der Waals surface area contributed by atoms with Crippen molar-refractivity contribution in [3.8, 4) is 0 Å². The molecule has 0 unspecified atom stereocenters. The molecule has 1 amide bonds. The number of carbonyl (C=O) groups is 1. The zero-order valence-corrected chi connectivity index (χ0v) is 14.7. The van der Waals surface area contributed by atoms with E-state index >= 15 is 0 Å². The second-order valence-electron chi connectivity index (χ2n) is 7.09. The monoisotopic (exact) mass is 350 g/mol. The van der Waals surface area contributed by atoms with Crippen LogP contribution in [0.25, 0.3) is 11.0 Å². The van der Waals surface area contributed by atoms with Gasteiger partial charge in [0.15, 0.2) is 5.76 Å². The Morgan fingerprint density at radius 1 is 1.31 bits per heavy atom. The standard InChI is InChI=1S/C21H22N2O3/c1-13-5-4-6-14-11-19(26-20(13)14)21(25)23-18(15-9-17(24)10-15)12-16-7-2-3-8-22-16/h2-8,11,15,17-18,24H,9-10,12H2,1H3,(H,23,25)/t15?,17?,18-/m0/s1. The molecule has 1 aliphatic rings. The van der Waals surface area contributed by atoms with Gasteiger partial charge < -0.3 is 14.8 Å². The van der Waals surface area contributed by atoms with E-state index in [9.17, 15) is 9.90 Å². The second kappa shape index (κ2) is 6.92. The maximum atomic E-state index is 12.8. The van der Waals surface area contributed by atoms with Crippen molar-refractivity contribution < 1.29 is 14.3 Å². The third-order valence-corrected chi connectivity index (χ3v) is 5.16. The number of para-hydroxylation sites is 1. The number of benzene rings is 1. The molecule has 0 saturated heterocycles. The fourth-order valence-electron chi connectivity index (χ4n) is 3.60. The molecule has 26 heavy (non-hydrogen) atoms. The van der Waals surface area contributed by atoms with Gasteiger partial charge in [-0.25, -0.2) is 0 Å². The Morgan fingerprint density at radius 3 is 2.85 bits per heavy atom. The number of nitrogens with one attached hydrogen (secondary N) is 1. The van der Waals surface area contributed by atoms with Crippen molar-refractivity contribution in [2.45, 2.75) is 38.3 Å². The highest BCUT2D eigenvalue weighted by Crippen LogP contribution is 2.32. The zero-order chi connectivity index (χ0) is 18.1. The van der Waals surface area contributed by atoms with Crippen LogP contribution in [0.3, 0.4) is 0 Å². The van der Waals surface area contributed by atoms with E-state index in [1.807, 2.05) is 43.3 Å². The van der Waals surface area contributed by atoms with Gasteiger partial charge in [0, 0.05) is 29.7 Å². The molecule has 134 valence electrons. The molecule has 4 rings (SSSR count). The quantitative estimate of drug-likeness (QED) is 0.741. The molecule has 5 heteroatoms. The number of furan rings is 1. The SMILES string of the molecule is Cc1cccc2cc(C(=O)N[C@@H](Cc3ccccn3)C3CC(O)C3)oc12. The van der Waals surface area contributed by atoms with Crippen LogP contribution in [0.2, 0.25) is 0 Å². The molecular formula is C21H22N2O3. The normalized spacial score (nSPS) is 20.5. The summed E-state index contributed by atoms with van der Waals surface area (Å²) in [7, 11) is 0. The van der Waals surface area contributed by atoms with Gasteiger partial charge >= 0.3 is 0 Å². The number of aliphatic hydroxyl groups is 1. The van der Waals surface area contributed by atoms with E-state index in [2.05, 4.69) is 10.3 Å². The number of rotatable bonds is 5. The Kier molecular flexibility index (Phi) is 4.47. The van der Waals surface area contributed by atoms with E-state index in [0.29, 0.717) is 25.0 Å². The van der Waals surface area contributed by atoms with E-state index < -0.39 is 0 Å². The molecule has 0 spiro atoms. The topological polar surface area (TPSA) is 75.4 Å².